The van der Waals surface area contributed by atoms with E-state index in [0.29, 0.717) is 0 Å². The maximum Gasteiger partial charge on any atom is -0.0210 e. The van der Waals surface area contributed by atoms with Gasteiger partial charge in [0.1, 0.15) is 0 Å². The quantitative estimate of drug-likeness (QED) is 0.583. The predicted molar refractivity (Wildman–Crippen MR) is 75.6 cm³/mol. The van der Waals surface area contributed by atoms with Gasteiger partial charge in [0, 0.05) is 0 Å². The zero-order valence-electron chi connectivity index (χ0n) is 11.9. The molecule has 0 aliphatic heterocycles. The Morgan fingerprint density at radius 2 is 1.53 bits per heavy atom. The van der Waals surface area contributed by atoms with E-state index in [0.717, 1.165) is 11.8 Å². The summed E-state index contributed by atoms with van der Waals surface area (Å²) in [5.74, 6) is 5.87. The van der Waals surface area contributed by atoms with Gasteiger partial charge in [0.15, 0.2) is 0 Å². The molecule has 2 fully saturated rings. The van der Waals surface area contributed by atoms with Crippen molar-refractivity contribution in [2.75, 3.05) is 0 Å². The van der Waals surface area contributed by atoms with Crippen LogP contribution in [0.5, 0.6) is 0 Å². The molecule has 2 saturated carbocycles. The van der Waals surface area contributed by atoms with Gasteiger partial charge in [-0.3, -0.25) is 0 Å². The Morgan fingerprint density at radius 1 is 0.882 bits per heavy atom. The minimum atomic E-state index is 1.01. The highest BCUT2D eigenvalue weighted by molar-refractivity contribution is 5.05. The smallest absolute Gasteiger partial charge is 0.0210 e. The Hall–Kier alpha value is 0. The normalized spacial score (nSPS) is 26.5. The molecule has 0 amide bonds. The van der Waals surface area contributed by atoms with Crippen LogP contribution in [0.25, 0.3) is 0 Å². The fourth-order valence-electron chi connectivity index (χ4n) is 3.90. The maximum absolute atomic E-state index is 2.36. The summed E-state index contributed by atoms with van der Waals surface area (Å²) in [6.45, 7) is 4.68. The Balaban J connectivity index is 1.70. The van der Waals surface area contributed by atoms with E-state index in [1.165, 1.54) is 70.6 Å². The average Bonchev–Trinajstić information content (AvgIpc) is 2.40. The summed E-state index contributed by atoms with van der Waals surface area (Å²) >= 11 is 0. The molecule has 0 saturated heterocycles. The molecule has 0 N–H and O–H groups in total. The molecule has 0 heterocycles. The van der Waals surface area contributed by atoms with Crippen molar-refractivity contribution in [1.29, 1.82) is 0 Å². The minimum absolute atomic E-state index is 1.01. The molecule has 0 heteroatoms. The van der Waals surface area contributed by atoms with Crippen molar-refractivity contribution < 1.29 is 0 Å². The highest BCUT2D eigenvalue weighted by Gasteiger charge is 2.30. The van der Waals surface area contributed by atoms with E-state index >= 15 is 0 Å². The van der Waals surface area contributed by atoms with E-state index < -0.39 is 0 Å². The van der Waals surface area contributed by atoms with Crippen LogP contribution in [0.3, 0.4) is 0 Å². The van der Waals surface area contributed by atoms with Crippen molar-refractivity contribution in [3.8, 4) is 0 Å². The molecule has 98 valence electrons. The first-order chi connectivity index (χ1) is 8.33. The van der Waals surface area contributed by atoms with Gasteiger partial charge in [-0.05, 0) is 81.5 Å². The minimum Gasteiger partial charge on any atom is -0.0654 e. The van der Waals surface area contributed by atoms with Crippen LogP contribution in [0.15, 0.2) is 0 Å². The van der Waals surface area contributed by atoms with Crippen LogP contribution in [-0.2, 0) is 0 Å². The summed E-state index contributed by atoms with van der Waals surface area (Å²) < 4.78 is 0. The van der Waals surface area contributed by atoms with Crippen LogP contribution in [0.2, 0.25) is 0 Å². The predicted octanol–water partition coefficient (Wildman–Crippen LogP) is 5.73. The van der Waals surface area contributed by atoms with Crippen molar-refractivity contribution in [2.24, 2.45) is 11.8 Å². The lowest BCUT2D eigenvalue weighted by Gasteiger charge is -2.37. The summed E-state index contributed by atoms with van der Waals surface area (Å²) in [5.41, 5.74) is 0. The molecule has 0 spiro atoms. The summed E-state index contributed by atoms with van der Waals surface area (Å²) in [7, 11) is 0. The van der Waals surface area contributed by atoms with Crippen molar-refractivity contribution in [3.05, 3.63) is 11.8 Å². The Morgan fingerprint density at radius 3 is 2.06 bits per heavy atom. The van der Waals surface area contributed by atoms with Crippen molar-refractivity contribution in [3.63, 3.8) is 0 Å². The van der Waals surface area contributed by atoms with Crippen molar-refractivity contribution in [1.82, 2.24) is 0 Å². The second kappa shape index (κ2) is 6.81. The molecule has 0 bridgehead atoms. The molecule has 0 atom stereocenters. The van der Waals surface area contributed by atoms with Gasteiger partial charge in [-0.1, -0.05) is 26.7 Å². The molecular weight excluding hydrogens is 204 g/mol. The third-order valence-electron chi connectivity index (χ3n) is 5.20. The molecule has 17 heavy (non-hydrogen) atoms. The lowest BCUT2D eigenvalue weighted by molar-refractivity contribution is 0.287. The SMILES string of the molecule is CCC[C]1CCC([C]2CCC(CC)CC2)CC1. The van der Waals surface area contributed by atoms with Gasteiger partial charge in [0.2, 0.25) is 0 Å². The Kier molecular flexibility index (Phi) is 5.38. The molecule has 2 aliphatic carbocycles. The summed E-state index contributed by atoms with van der Waals surface area (Å²) in [6.07, 6.45) is 15.9. The summed E-state index contributed by atoms with van der Waals surface area (Å²) in [4.78, 5) is 0. The zero-order chi connectivity index (χ0) is 12.1. The van der Waals surface area contributed by atoms with Crippen LogP contribution in [0.1, 0.15) is 84.5 Å². The highest BCUT2D eigenvalue weighted by atomic mass is 14.4. The first-order valence-electron chi connectivity index (χ1n) is 8.01. The average molecular weight is 234 g/mol. The highest BCUT2D eigenvalue weighted by Crippen LogP contribution is 2.44. The van der Waals surface area contributed by atoms with E-state index in [2.05, 4.69) is 13.8 Å². The molecule has 0 aromatic carbocycles. The molecule has 2 radical (unpaired) electrons. The van der Waals surface area contributed by atoms with Gasteiger partial charge in [0.05, 0.1) is 0 Å². The molecule has 0 aromatic heterocycles. The van der Waals surface area contributed by atoms with Crippen molar-refractivity contribution >= 4 is 0 Å². The molecule has 2 rings (SSSR count). The molecule has 2 aliphatic rings. The van der Waals surface area contributed by atoms with Crippen LogP contribution in [-0.4, -0.2) is 0 Å². The van der Waals surface area contributed by atoms with Gasteiger partial charge < -0.3 is 0 Å². The van der Waals surface area contributed by atoms with Crippen LogP contribution in [0.4, 0.5) is 0 Å². The summed E-state index contributed by atoms with van der Waals surface area (Å²) in [6, 6.07) is 0. The number of rotatable bonds is 4. The van der Waals surface area contributed by atoms with Gasteiger partial charge in [-0.2, -0.15) is 0 Å². The lowest BCUT2D eigenvalue weighted by atomic mass is 9.68. The third-order valence-corrected chi connectivity index (χ3v) is 5.20. The second-order valence-corrected chi connectivity index (χ2v) is 6.28. The topological polar surface area (TPSA) is 0 Å². The van der Waals surface area contributed by atoms with E-state index in [1.807, 2.05) is 11.8 Å². The van der Waals surface area contributed by atoms with Gasteiger partial charge in [0.25, 0.3) is 0 Å². The molecule has 0 unspecified atom stereocenters. The largest absolute Gasteiger partial charge is 0.0654 e. The van der Waals surface area contributed by atoms with Crippen LogP contribution in [0, 0.1) is 23.7 Å². The van der Waals surface area contributed by atoms with E-state index in [-0.39, 0.29) is 0 Å². The Labute approximate surface area is 109 Å². The van der Waals surface area contributed by atoms with E-state index in [9.17, 15) is 0 Å². The molecular formula is C17H30. The van der Waals surface area contributed by atoms with Gasteiger partial charge >= 0.3 is 0 Å². The van der Waals surface area contributed by atoms with E-state index in [4.69, 9.17) is 0 Å². The first kappa shape index (κ1) is 13.4. The standard InChI is InChI=1S/C17H30/c1-3-5-15-8-12-17(13-9-15)16-10-6-14(4-2)7-11-16/h14,17H,3-13H2,1-2H3. The van der Waals surface area contributed by atoms with Crippen LogP contribution < -0.4 is 0 Å². The first-order valence-corrected chi connectivity index (χ1v) is 8.01. The molecule has 0 nitrogen and oxygen atoms in total. The molecule has 0 aromatic rings. The van der Waals surface area contributed by atoms with E-state index in [1.54, 1.807) is 0 Å². The Bertz CT molecular complexity index is 192. The maximum atomic E-state index is 2.36. The third kappa shape index (κ3) is 3.73. The monoisotopic (exact) mass is 234 g/mol. The lowest BCUT2D eigenvalue weighted by Crippen LogP contribution is -2.23. The zero-order valence-corrected chi connectivity index (χ0v) is 11.9. The van der Waals surface area contributed by atoms with Crippen molar-refractivity contribution in [2.45, 2.75) is 84.5 Å². The van der Waals surface area contributed by atoms with Crippen LogP contribution >= 0.6 is 0 Å². The second-order valence-electron chi connectivity index (χ2n) is 6.28. The van der Waals surface area contributed by atoms with Gasteiger partial charge in [-0.15, -0.1) is 0 Å². The fourth-order valence-corrected chi connectivity index (χ4v) is 3.90. The summed E-state index contributed by atoms with van der Waals surface area (Å²) in [5, 5.41) is 0. The number of hydrogen-bond donors (Lipinski definition) is 0. The number of hydrogen-bond acceptors (Lipinski definition) is 0. The van der Waals surface area contributed by atoms with Gasteiger partial charge in [-0.25, -0.2) is 0 Å². The fraction of sp³-hybridized carbons (Fsp3) is 0.882.